The maximum absolute atomic E-state index is 13.9. The van der Waals surface area contributed by atoms with Crippen LogP contribution < -0.4 is 10.6 Å². The summed E-state index contributed by atoms with van der Waals surface area (Å²) in [5.41, 5.74) is 1.53. The van der Waals surface area contributed by atoms with Gasteiger partial charge in [0.25, 0.3) is 0 Å². The van der Waals surface area contributed by atoms with Gasteiger partial charge in [-0.25, -0.2) is 0 Å². The molecule has 0 saturated heterocycles. The SMILES string of the molecule is CC(CNc1ccc(NCC(C)OC(=O)CCCCC(=O)OCCOCCOC(=O)CCCO)c2c1C(=O)c1ccccc1C2=O)OC(=O)CCCCC(=O)OCCOCCOC(=O)CCCO. The van der Waals surface area contributed by atoms with E-state index in [4.69, 9.17) is 48.1 Å². The number of benzene rings is 2. The zero-order chi connectivity index (χ0) is 49.5. The van der Waals surface area contributed by atoms with E-state index in [-0.39, 0.29) is 152 Å². The van der Waals surface area contributed by atoms with Crippen LogP contribution in [0.3, 0.4) is 0 Å². The van der Waals surface area contributed by atoms with E-state index in [9.17, 15) is 38.4 Å². The van der Waals surface area contributed by atoms with Crippen LogP contribution in [0.2, 0.25) is 0 Å². The number of unbranched alkanes of at least 4 members (excludes halogenated alkanes) is 2. The second kappa shape index (κ2) is 32.7. The summed E-state index contributed by atoms with van der Waals surface area (Å²) in [6.45, 7) is 4.14. The Labute approximate surface area is 396 Å². The summed E-state index contributed by atoms with van der Waals surface area (Å²) in [6, 6.07) is 9.82. The summed E-state index contributed by atoms with van der Waals surface area (Å²) in [7, 11) is 0. The van der Waals surface area contributed by atoms with Crippen LogP contribution in [0.5, 0.6) is 0 Å². The molecule has 0 bridgehead atoms. The van der Waals surface area contributed by atoms with Gasteiger partial charge in [0.1, 0.15) is 38.6 Å². The van der Waals surface area contributed by atoms with E-state index in [1.54, 1.807) is 50.2 Å². The molecule has 1 aliphatic rings. The van der Waals surface area contributed by atoms with Crippen LogP contribution in [0.15, 0.2) is 36.4 Å². The predicted octanol–water partition coefficient (Wildman–Crippen LogP) is 4.02. The third kappa shape index (κ3) is 21.8. The average molecular weight is 959 g/mol. The number of hydrogen-bond acceptors (Lipinski definition) is 20. The van der Waals surface area contributed by atoms with Crippen LogP contribution in [0.4, 0.5) is 11.4 Å². The Balaban J connectivity index is 1.38. The minimum absolute atomic E-state index is 0.0281. The molecule has 0 radical (unpaired) electrons. The molecule has 0 saturated carbocycles. The van der Waals surface area contributed by atoms with Crippen LogP contribution in [0.25, 0.3) is 0 Å². The van der Waals surface area contributed by atoms with Crippen molar-refractivity contribution in [2.45, 2.75) is 103 Å². The maximum atomic E-state index is 13.9. The fraction of sp³-hybridized carbons (Fsp3) is 0.583. The van der Waals surface area contributed by atoms with Crippen molar-refractivity contribution < 1.29 is 86.5 Å². The molecule has 1 aliphatic carbocycles. The second-order valence-electron chi connectivity index (χ2n) is 15.7. The number of fused-ring (bicyclic) bond motifs is 2. The molecular weight excluding hydrogens is 893 g/mol. The summed E-state index contributed by atoms with van der Waals surface area (Å²) in [6.07, 6.45) is 1.58. The normalized spacial score (nSPS) is 12.5. The predicted molar refractivity (Wildman–Crippen MR) is 243 cm³/mol. The molecule has 0 amide bonds. The minimum Gasteiger partial charge on any atom is -0.463 e. The fourth-order valence-corrected chi connectivity index (χ4v) is 6.55. The number of anilines is 2. The zero-order valence-electron chi connectivity index (χ0n) is 39.0. The van der Waals surface area contributed by atoms with E-state index in [1.165, 1.54) is 0 Å². The number of aliphatic hydroxyl groups excluding tert-OH is 2. The number of carbonyl (C=O) groups is 8. The standard InChI is InChI=1S/C48H66N2O18/c1-33(67-43(57)15-7-5-13-39(53)63-27-23-61-25-29-65-41(55)17-9-21-51)31-49-37-19-20-38(46-45(37)47(59)35-11-3-4-12-36(35)48(46)60)50-32-34(2)68-44(58)16-8-6-14-40(54)64-28-24-62-26-30-66-42(56)18-10-22-52/h3-4,11-12,19-20,33-34,49-52H,5-10,13-18,21-32H2,1-2H3. The van der Waals surface area contributed by atoms with Gasteiger partial charge in [-0.1, -0.05) is 24.3 Å². The Morgan fingerprint density at radius 3 is 1.09 bits per heavy atom. The quantitative estimate of drug-likeness (QED) is 0.0364. The first-order chi connectivity index (χ1) is 32.8. The third-order valence-electron chi connectivity index (χ3n) is 9.97. The van der Waals surface area contributed by atoms with Gasteiger partial charge in [-0.05, 0) is 64.5 Å². The van der Waals surface area contributed by atoms with Crippen molar-refractivity contribution >= 4 is 58.8 Å². The summed E-state index contributed by atoms with van der Waals surface area (Å²) in [4.78, 5) is 99.8. The van der Waals surface area contributed by atoms with Gasteiger partial charge in [0.05, 0.1) is 50.6 Å². The van der Waals surface area contributed by atoms with Gasteiger partial charge in [0, 0.05) is 74.2 Å². The number of ether oxygens (including phenoxy) is 8. The van der Waals surface area contributed by atoms with Crippen molar-refractivity contribution in [3.05, 3.63) is 58.7 Å². The van der Waals surface area contributed by atoms with Gasteiger partial charge in [-0.2, -0.15) is 0 Å². The highest BCUT2D eigenvalue weighted by molar-refractivity contribution is 6.31. The van der Waals surface area contributed by atoms with Gasteiger partial charge in [0.2, 0.25) is 0 Å². The zero-order valence-corrected chi connectivity index (χ0v) is 39.0. The van der Waals surface area contributed by atoms with Crippen molar-refractivity contribution in [2.75, 3.05) is 89.8 Å². The number of carbonyl (C=O) groups excluding carboxylic acids is 8. The molecule has 4 N–H and O–H groups in total. The molecule has 2 aromatic carbocycles. The number of hydrogen-bond donors (Lipinski definition) is 4. The van der Waals surface area contributed by atoms with Gasteiger partial charge in [-0.15, -0.1) is 0 Å². The van der Waals surface area contributed by atoms with Gasteiger partial charge in [-0.3, -0.25) is 38.4 Å². The largest absolute Gasteiger partial charge is 0.463 e. The number of aliphatic hydroxyl groups is 2. The Bertz CT molecular complexity index is 1820. The minimum atomic E-state index is -0.623. The first kappa shape index (κ1) is 56.4. The summed E-state index contributed by atoms with van der Waals surface area (Å²) < 4.78 is 41.7. The lowest BCUT2D eigenvalue weighted by molar-refractivity contribution is -0.149. The van der Waals surface area contributed by atoms with E-state index in [0.717, 1.165) is 0 Å². The van der Waals surface area contributed by atoms with Crippen molar-refractivity contribution in [1.29, 1.82) is 0 Å². The molecule has 0 fully saturated rings. The van der Waals surface area contributed by atoms with Crippen LogP contribution in [0, 0.1) is 0 Å². The molecule has 376 valence electrons. The first-order valence-electron chi connectivity index (χ1n) is 23.1. The molecule has 2 aromatic rings. The van der Waals surface area contributed by atoms with E-state index in [2.05, 4.69) is 10.6 Å². The van der Waals surface area contributed by atoms with Crippen LogP contribution in [-0.4, -0.2) is 149 Å². The molecule has 20 heteroatoms. The molecule has 68 heavy (non-hydrogen) atoms. The van der Waals surface area contributed by atoms with E-state index < -0.39 is 48.0 Å². The molecule has 0 spiro atoms. The van der Waals surface area contributed by atoms with Crippen molar-refractivity contribution in [2.24, 2.45) is 0 Å². The third-order valence-corrected chi connectivity index (χ3v) is 9.97. The number of nitrogens with one attached hydrogen (secondary N) is 2. The summed E-state index contributed by atoms with van der Waals surface area (Å²) in [5, 5.41) is 23.8. The Hall–Kier alpha value is -5.96. The van der Waals surface area contributed by atoms with Gasteiger partial charge < -0.3 is 58.7 Å². The molecule has 0 heterocycles. The van der Waals surface area contributed by atoms with Crippen LogP contribution >= 0.6 is 0 Å². The molecule has 0 aliphatic heterocycles. The molecule has 20 nitrogen and oxygen atoms in total. The van der Waals surface area contributed by atoms with E-state index >= 15 is 0 Å². The Kier molecular flexibility index (Phi) is 27.1. The Morgan fingerprint density at radius 1 is 0.456 bits per heavy atom. The van der Waals surface area contributed by atoms with E-state index in [0.29, 0.717) is 49.9 Å². The second-order valence-corrected chi connectivity index (χ2v) is 15.7. The smallest absolute Gasteiger partial charge is 0.306 e. The lowest BCUT2D eigenvalue weighted by atomic mass is 9.82. The average Bonchev–Trinajstić information content (AvgIpc) is 3.32. The number of rotatable bonds is 36. The Morgan fingerprint density at radius 2 is 0.765 bits per heavy atom. The van der Waals surface area contributed by atoms with Gasteiger partial charge in [0.15, 0.2) is 11.6 Å². The summed E-state index contributed by atoms with van der Waals surface area (Å²) >= 11 is 0. The molecule has 2 unspecified atom stereocenters. The molecule has 2 atom stereocenters. The highest BCUT2D eigenvalue weighted by atomic mass is 16.6. The monoisotopic (exact) mass is 958 g/mol. The van der Waals surface area contributed by atoms with E-state index in [1.807, 2.05) is 0 Å². The van der Waals surface area contributed by atoms with Gasteiger partial charge >= 0.3 is 35.8 Å². The van der Waals surface area contributed by atoms with Crippen molar-refractivity contribution in [3.63, 3.8) is 0 Å². The summed E-state index contributed by atoms with van der Waals surface area (Å²) in [5.74, 6) is -3.41. The van der Waals surface area contributed by atoms with Crippen molar-refractivity contribution in [3.8, 4) is 0 Å². The number of esters is 6. The maximum Gasteiger partial charge on any atom is 0.306 e. The van der Waals surface area contributed by atoms with Crippen LogP contribution in [-0.2, 0) is 66.7 Å². The molecule has 0 aromatic heterocycles. The number of ketones is 2. The lowest BCUT2D eigenvalue weighted by Crippen LogP contribution is -2.28. The first-order valence-corrected chi connectivity index (χ1v) is 23.1. The highest BCUT2D eigenvalue weighted by Crippen LogP contribution is 2.36. The fourth-order valence-electron chi connectivity index (χ4n) is 6.55. The topological polar surface area (TPSA) is 275 Å². The van der Waals surface area contributed by atoms with Crippen LogP contribution in [0.1, 0.15) is 123 Å². The highest BCUT2D eigenvalue weighted by Gasteiger charge is 2.34. The van der Waals surface area contributed by atoms with Crippen molar-refractivity contribution in [1.82, 2.24) is 0 Å². The molecular formula is C48H66N2O18. The molecule has 3 rings (SSSR count). The lowest BCUT2D eigenvalue weighted by Gasteiger charge is -2.25.